The van der Waals surface area contributed by atoms with E-state index < -0.39 is 29.7 Å². The number of imide groups is 1. The Morgan fingerprint density at radius 3 is 2.46 bits per heavy atom. The molecule has 1 aromatic rings. The number of methoxy groups -OCH3 is 1. The molecule has 0 aliphatic carbocycles. The Kier molecular flexibility index (Phi) is 3.84. The van der Waals surface area contributed by atoms with Crippen LogP contribution in [0, 0.1) is 10.8 Å². The molecule has 2 unspecified atom stereocenters. The zero-order valence-corrected chi connectivity index (χ0v) is 13.0. The van der Waals surface area contributed by atoms with Crippen molar-refractivity contribution in [1.29, 1.82) is 0 Å². The van der Waals surface area contributed by atoms with Gasteiger partial charge in [0.2, 0.25) is 5.91 Å². The number of hydrogen-bond donors (Lipinski definition) is 0. The minimum absolute atomic E-state index is 0.298. The van der Waals surface area contributed by atoms with Crippen molar-refractivity contribution in [2.24, 2.45) is 16.3 Å². The lowest BCUT2D eigenvalue weighted by atomic mass is 9.98. The summed E-state index contributed by atoms with van der Waals surface area (Å²) in [5, 5.41) is 6.83. The Morgan fingerprint density at radius 2 is 1.92 bits per heavy atom. The van der Waals surface area contributed by atoms with Crippen molar-refractivity contribution < 1.29 is 19.1 Å². The minimum atomic E-state index is -1.25. The zero-order chi connectivity index (χ0) is 17.4. The van der Waals surface area contributed by atoms with E-state index in [0.717, 1.165) is 24.0 Å². The van der Waals surface area contributed by atoms with Crippen molar-refractivity contribution in [2.75, 3.05) is 12.0 Å². The Balaban J connectivity index is 2.00. The highest BCUT2D eigenvalue weighted by Gasteiger charge is 2.59. The molecule has 1 aromatic carbocycles. The summed E-state index contributed by atoms with van der Waals surface area (Å²) in [6, 6.07) is 5.63. The number of aryl methyl sites for hydroxylation is 1. The molecule has 0 N–H and O–H groups in total. The van der Waals surface area contributed by atoms with Gasteiger partial charge in [-0.15, -0.1) is 15.1 Å². The van der Waals surface area contributed by atoms with Crippen molar-refractivity contribution in [3.05, 3.63) is 34.7 Å². The van der Waals surface area contributed by atoms with Gasteiger partial charge in [0, 0.05) is 0 Å². The molecule has 9 heteroatoms. The number of rotatable bonds is 4. The maximum atomic E-state index is 12.7. The van der Waals surface area contributed by atoms with Crippen LogP contribution in [0.1, 0.15) is 12.5 Å². The molecule has 0 radical (unpaired) electrons. The monoisotopic (exact) mass is 330 g/mol. The fourth-order valence-electron chi connectivity index (χ4n) is 2.87. The zero-order valence-electron chi connectivity index (χ0n) is 13.0. The van der Waals surface area contributed by atoms with Crippen LogP contribution in [-0.2, 0) is 25.5 Å². The topological polar surface area (TPSA) is 109 Å². The lowest BCUT2D eigenvalue weighted by Gasteiger charge is -2.17. The molecule has 0 aromatic heterocycles. The van der Waals surface area contributed by atoms with E-state index in [9.17, 15) is 19.3 Å². The van der Waals surface area contributed by atoms with Gasteiger partial charge in [0.05, 0.1) is 18.1 Å². The summed E-state index contributed by atoms with van der Waals surface area (Å²) in [6.45, 7) is 1.98. The summed E-state index contributed by atoms with van der Waals surface area (Å²) in [6.07, 6.45) is 0.815. The summed E-state index contributed by atoms with van der Waals surface area (Å²) >= 11 is 0. The van der Waals surface area contributed by atoms with Crippen LogP contribution in [0.5, 0.6) is 0 Å². The van der Waals surface area contributed by atoms with Crippen molar-refractivity contribution in [3.63, 3.8) is 0 Å². The molecule has 2 aliphatic heterocycles. The smallest absolute Gasteiger partial charge is 0.355 e. The number of hydrazone groups is 1. The number of benzene rings is 1. The Bertz CT molecular complexity index is 758. The molecule has 0 spiro atoms. The van der Waals surface area contributed by atoms with E-state index in [1.165, 1.54) is 0 Å². The van der Waals surface area contributed by atoms with Crippen LogP contribution in [-0.4, -0.2) is 41.8 Å². The SMILES string of the molecule is CCc1ccc(N2C(=O)C3C(C(=O)OC)=NN(N=O)C3C2=O)cc1. The molecule has 2 atom stereocenters. The first-order chi connectivity index (χ1) is 11.5. The molecule has 1 saturated heterocycles. The number of ether oxygens (including phenoxy) is 1. The predicted molar refractivity (Wildman–Crippen MR) is 82.7 cm³/mol. The van der Waals surface area contributed by atoms with Crippen LogP contribution >= 0.6 is 0 Å². The number of nitrogens with zero attached hydrogens (tertiary/aromatic N) is 4. The molecular formula is C15H14N4O5. The van der Waals surface area contributed by atoms with Gasteiger partial charge in [0.25, 0.3) is 5.91 Å². The third-order valence-corrected chi connectivity index (χ3v) is 4.11. The molecule has 124 valence electrons. The Morgan fingerprint density at radius 1 is 1.25 bits per heavy atom. The van der Waals surface area contributed by atoms with Crippen LogP contribution in [0.25, 0.3) is 0 Å². The molecule has 0 saturated carbocycles. The Hall–Kier alpha value is -3.10. The second-order valence-electron chi connectivity index (χ2n) is 5.33. The fourth-order valence-corrected chi connectivity index (χ4v) is 2.87. The maximum absolute atomic E-state index is 12.7. The van der Waals surface area contributed by atoms with E-state index in [4.69, 9.17) is 0 Å². The third-order valence-electron chi connectivity index (χ3n) is 4.11. The number of amides is 2. The van der Waals surface area contributed by atoms with Gasteiger partial charge in [-0.1, -0.05) is 19.1 Å². The van der Waals surface area contributed by atoms with Gasteiger partial charge < -0.3 is 4.74 Å². The molecule has 1 fully saturated rings. The normalized spacial score (nSPS) is 22.5. The van der Waals surface area contributed by atoms with Crippen LogP contribution in [0.2, 0.25) is 0 Å². The quantitative estimate of drug-likeness (QED) is 0.455. The maximum Gasteiger partial charge on any atom is 0.355 e. The summed E-state index contributed by atoms with van der Waals surface area (Å²) in [7, 11) is 1.12. The van der Waals surface area contributed by atoms with Gasteiger partial charge in [-0.3, -0.25) is 9.59 Å². The molecule has 2 aliphatic rings. The summed E-state index contributed by atoms with van der Waals surface area (Å²) in [4.78, 5) is 49.0. The number of nitroso groups, excluding NO2 is 1. The van der Waals surface area contributed by atoms with E-state index in [1.807, 2.05) is 6.92 Å². The number of anilines is 1. The van der Waals surface area contributed by atoms with Gasteiger partial charge in [-0.25, -0.2) is 9.69 Å². The minimum Gasteiger partial charge on any atom is -0.464 e. The van der Waals surface area contributed by atoms with Gasteiger partial charge >= 0.3 is 5.97 Å². The molecule has 24 heavy (non-hydrogen) atoms. The van der Waals surface area contributed by atoms with E-state index in [1.54, 1.807) is 24.3 Å². The second kappa shape index (κ2) is 5.84. The first-order valence-electron chi connectivity index (χ1n) is 7.29. The highest BCUT2D eigenvalue weighted by molar-refractivity contribution is 6.46. The predicted octanol–water partition coefficient (Wildman–Crippen LogP) is 0.633. The molecule has 2 heterocycles. The summed E-state index contributed by atoms with van der Waals surface area (Å²) in [5.41, 5.74) is 1.12. The average Bonchev–Trinajstić information content (AvgIpc) is 3.11. The molecule has 3 rings (SSSR count). The van der Waals surface area contributed by atoms with Crippen molar-refractivity contribution in [3.8, 4) is 0 Å². The third kappa shape index (κ3) is 2.16. The first kappa shape index (κ1) is 15.8. The van der Waals surface area contributed by atoms with Crippen LogP contribution < -0.4 is 4.90 Å². The fraction of sp³-hybridized carbons (Fsp3) is 0.333. The number of carbonyl (C=O) groups excluding carboxylic acids is 3. The van der Waals surface area contributed by atoms with Gasteiger partial charge in [-0.05, 0) is 24.1 Å². The standard InChI is InChI=1S/C15H14N4O5/c1-3-8-4-6-9(7-5-8)18-13(20)10-11(15(22)24-2)16-19(17-23)12(10)14(18)21/h4-7,10,12H,3H2,1-2H3. The second-order valence-corrected chi connectivity index (χ2v) is 5.33. The highest BCUT2D eigenvalue weighted by Crippen LogP contribution is 2.35. The van der Waals surface area contributed by atoms with Crippen LogP contribution in [0.15, 0.2) is 34.7 Å². The molecule has 9 nitrogen and oxygen atoms in total. The summed E-state index contributed by atoms with van der Waals surface area (Å²) < 4.78 is 4.57. The van der Waals surface area contributed by atoms with Gasteiger partial charge in [0.15, 0.2) is 11.8 Å². The van der Waals surface area contributed by atoms with Crippen molar-refractivity contribution >= 4 is 29.2 Å². The van der Waals surface area contributed by atoms with Gasteiger partial charge in [-0.2, -0.15) is 0 Å². The van der Waals surface area contributed by atoms with E-state index in [-0.39, 0.29) is 5.71 Å². The van der Waals surface area contributed by atoms with E-state index in [0.29, 0.717) is 10.8 Å². The van der Waals surface area contributed by atoms with Crippen molar-refractivity contribution in [2.45, 2.75) is 19.4 Å². The first-order valence-corrected chi connectivity index (χ1v) is 7.29. The van der Waals surface area contributed by atoms with Crippen LogP contribution in [0.4, 0.5) is 5.69 Å². The average molecular weight is 330 g/mol. The highest BCUT2D eigenvalue weighted by atomic mass is 16.5. The molecule has 2 amide bonds. The Labute approximate surface area is 136 Å². The number of esters is 1. The molecule has 0 bridgehead atoms. The number of fused-ring (bicyclic) bond motifs is 1. The summed E-state index contributed by atoms with van der Waals surface area (Å²) in [5.74, 6) is -3.37. The van der Waals surface area contributed by atoms with Crippen LogP contribution in [0.3, 0.4) is 0 Å². The van der Waals surface area contributed by atoms with Crippen molar-refractivity contribution in [1.82, 2.24) is 5.12 Å². The number of carbonyl (C=O) groups is 3. The van der Waals surface area contributed by atoms with E-state index >= 15 is 0 Å². The van der Waals surface area contributed by atoms with Gasteiger partial charge in [0.1, 0.15) is 5.92 Å². The number of hydrogen-bond acceptors (Lipinski definition) is 7. The lowest BCUT2D eigenvalue weighted by Crippen LogP contribution is -2.36. The lowest BCUT2D eigenvalue weighted by molar-refractivity contribution is -0.133. The van der Waals surface area contributed by atoms with E-state index in [2.05, 4.69) is 15.1 Å². The molecular weight excluding hydrogens is 316 g/mol. The largest absolute Gasteiger partial charge is 0.464 e.